The maximum absolute atomic E-state index is 13.6. The van der Waals surface area contributed by atoms with Crippen LogP contribution in [0.4, 0.5) is 18.9 Å². The standard InChI is InChI=1S/C28H24F3N5O/c1-19-4-6-23(14-22(19)7-5-20-16-32-26-8-9-33-36(26)18-20)27(37)34-25-13-21(17-35-10-2-3-11-35)12-24(15-25)28(29,30)31/h4,6,8-9,12-16,18H,2-3,10-11,17H2,1H3,(H,34,37). The highest BCUT2D eigenvalue weighted by molar-refractivity contribution is 6.04. The zero-order valence-electron chi connectivity index (χ0n) is 20.1. The first-order valence-corrected chi connectivity index (χ1v) is 11.9. The normalized spacial score (nSPS) is 13.9. The number of alkyl halides is 3. The molecule has 0 radical (unpaired) electrons. The van der Waals surface area contributed by atoms with Crippen LogP contribution in [0, 0.1) is 18.8 Å². The lowest BCUT2D eigenvalue weighted by Crippen LogP contribution is -2.19. The topological polar surface area (TPSA) is 62.5 Å². The van der Waals surface area contributed by atoms with Gasteiger partial charge in [-0.05, 0) is 74.3 Å². The molecule has 188 valence electrons. The Labute approximate surface area is 212 Å². The number of hydrogen-bond donors (Lipinski definition) is 1. The van der Waals surface area contributed by atoms with Crippen LogP contribution in [-0.4, -0.2) is 38.5 Å². The minimum absolute atomic E-state index is 0.112. The van der Waals surface area contributed by atoms with Crippen LogP contribution in [0.15, 0.2) is 61.1 Å². The van der Waals surface area contributed by atoms with Gasteiger partial charge in [0, 0.05) is 41.8 Å². The predicted octanol–water partition coefficient (Wildman–Crippen LogP) is 5.30. The van der Waals surface area contributed by atoms with Crippen LogP contribution in [0.3, 0.4) is 0 Å². The summed E-state index contributed by atoms with van der Waals surface area (Å²) in [5.41, 5.74) is 3.01. The molecule has 1 fully saturated rings. The highest BCUT2D eigenvalue weighted by Gasteiger charge is 2.31. The summed E-state index contributed by atoms with van der Waals surface area (Å²) in [4.78, 5) is 19.4. The molecule has 0 unspecified atom stereocenters. The van der Waals surface area contributed by atoms with E-state index >= 15 is 0 Å². The molecule has 1 amide bonds. The van der Waals surface area contributed by atoms with Gasteiger partial charge in [-0.1, -0.05) is 17.9 Å². The van der Waals surface area contributed by atoms with Crippen molar-refractivity contribution in [3.8, 4) is 11.8 Å². The van der Waals surface area contributed by atoms with Gasteiger partial charge in [0.2, 0.25) is 0 Å². The van der Waals surface area contributed by atoms with E-state index in [2.05, 4.69) is 32.1 Å². The molecule has 0 spiro atoms. The number of nitrogens with one attached hydrogen (secondary N) is 1. The van der Waals surface area contributed by atoms with E-state index in [9.17, 15) is 18.0 Å². The van der Waals surface area contributed by atoms with Gasteiger partial charge in [0.05, 0.1) is 17.3 Å². The molecule has 1 aliphatic heterocycles. The van der Waals surface area contributed by atoms with Crippen LogP contribution in [0.25, 0.3) is 5.65 Å². The van der Waals surface area contributed by atoms with E-state index in [1.54, 1.807) is 53.4 Å². The number of aryl methyl sites for hydroxylation is 1. The van der Waals surface area contributed by atoms with Crippen LogP contribution in [-0.2, 0) is 12.7 Å². The number of amides is 1. The Kier molecular flexibility index (Phi) is 6.68. The molecule has 4 aromatic rings. The first-order chi connectivity index (χ1) is 17.7. The van der Waals surface area contributed by atoms with E-state index in [0.717, 1.165) is 43.6 Å². The summed E-state index contributed by atoms with van der Waals surface area (Å²) in [7, 11) is 0. The Balaban J connectivity index is 1.38. The van der Waals surface area contributed by atoms with Gasteiger partial charge in [0.1, 0.15) is 0 Å². The van der Waals surface area contributed by atoms with Gasteiger partial charge < -0.3 is 5.32 Å². The molecule has 1 saturated heterocycles. The molecule has 2 aromatic heterocycles. The quantitative estimate of drug-likeness (QED) is 0.384. The Morgan fingerprint density at radius 3 is 2.68 bits per heavy atom. The van der Waals surface area contributed by atoms with E-state index < -0.39 is 17.6 Å². The van der Waals surface area contributed by atoms with Crippen LogP contribution < -0.4 is 5.32 Å². The van der Waals surface area contributed by atoms with Crippen molar-refractivity contribution in [2.75, 3.05) is 18.4 Å². The lowest BCUT2D eigenvalue weighted by molar-refractivity contribution is -0.137. The summed E-state index contributed by atoms with van der Waals surface area (Å²) < 4.78 is 42.3. The second kappa shape index (κ2) is 10.1. The van der Waals surface area contributed by atoms with Gasteiger partial charge in [0.15, 0.2) is 5.65 Å². The number of carbonyl (C=O) groups excluding carboxylic acids is 1. The first kappa shape index (κ1) is 24.5. The summed E-state index contributed by atoms with van der Waals surface area (Å²) in [5, 5.41) is 6.79. The monoisotopic (exact) mass is 503 g/mol. The predicted molar refractivity (Wildman–Crippen MR) is 134 cm³/mol. The number of aromatic nitrogens is 3. The lowest BCUT2D eigenvalue weighted by atomic mass is 10.0. The number of halogens is 3. The Morgan fingerprint density at radius 1 is 1.08 bits per heavy atom. The van der Waals surface area contributed by atoms with Gasteiger partial charge in [-0.25, -0.2) is 9.50 Å². The summed E-state index contributed by atoms with van der Waals surface area (Å²) in [5.74, 6) is 5.58. The number of hydrogen-bond acceptors (Lipinski definition) is 4. The SMILES string of the molecule is Cc1ccc(C(=O)Nc2cc(CN3CCCC3)cc(C(F)(F)F)c2)cc1C#Cc1cnc2ccnn2c1. The molecule has 0 saturated carbocycles. The first-order valence-electron chi connectivity index (χ1n) is 11.9. The number of benzene rings is 2. The van der Waals surface area contributed by atoms with Crippen LogP contribution in [0.5, 0.6) is 0 Å². The zero-order chi connectivity index (χ0) is 26.0. The van der Waals surface area contributed by atoms with Crippen molar-refractivity contribution in [3.05, 3.63) is 94.4 Å². The summed E-state index contributed by atoms with van der Waals surface area (Å²) >= 11 is 0. The zero-order valence-corrected chi connectivity index (χ0v) is 20.1. The Morgan fingerprint density at radius 2 is 1.89 bits per heavy atom. The Bertz CT molecular complexity index is 1520. The van der Waals surface area contributed by atoms with Gasteiger partial charge in [-0.3, -0.25) is 9.69 Å². The van der Waals surface area contributed by atoms with Crippen LogP contribution >= 0.6 is 0 Å². The average Bonchev–Trinajstić information content (AvgIpc) is 3.54. The maximum atomic E-state index is 13.6. The summed E-state index contributed by atoms with van der Waals surface area (Å²) in [6.07, 6.45) is 2.61. The van der Waals surface area contributed by atoms with Gasteiger partial charge in [-0.15, -0.1) is 0 Å². The minimum atomic E-state index is -4.51. The van der Waals surface area contributed by atoms with Gasteiger partial charge in [0.25, 0.3) is 5.91 Å². The largest absolute Gasteiger partial charge is 0.416 e. The van der Waals surface area contributed by atoms with Crippen molar-refractivity contribution in [1.29, 1.82) is 0 Å². The molecule has 37 heavy (non-hydrogen) atoms. The number of nitrogens with zero attached hydrogens (tertiary/aromatic N) is 4. The molecule has 3 heterocycles. The van der Waals surface area contributed by atoms with Crippen LogP contribution in [0.1, 0.15) is 51.0 Å². The summed E-state index contributed by atoms with van der Waals surface area (Å²) in [6, 6.07) is 10.5. The van der Waals surface area contributed by atoms with Crippen molar-refractivity contribution in [3.63, 3.8) is 0 Å². The van der Waals surface area contributed by atoms with Gasteiger partial charge in [-0.2, -0.15) is 18.3 Å². The molecular formula is C28H24F3N5O. The molecule has 1 aliphatic rings. The van der Waals surface area contributed by atoms with Gasteiger partial charge >= 0.3 is 6.18 Å². The number of rotatable bonds is 4. The summed E-state index contributed by atoms with van der Waals surface area (Å²) in [6.45, 7) is 4.00. The minimum Gasteiger partial charge on any atom is -0.322 e. The van der Waals surface area contributed by atoms with Crippen LogP contribution in [0.2, 0.25) is 0 Å². The number of likely N-dealkylation sites (tertiary alicyclic amines) is 1. The van der Waals surface area contributed by atoms with E-state index in [1.165, 1.54) is 0 Å². The van der Waals surface area contributed by atoms with Crippen molar-refractivity contribution >= 4 is 17.2 Å². The third kappa shape index (κ3) is 5.81. The molecular weight excluding hydrogens is 479 g/mol. The van der Waals surface area contributed by atoms with Crippen molar-refractivity contribution in [2.45, 2.75) is 32.5 Å². The number of carbonyl (C=O) groups is 1. The molecule has 2 aromatic carbocycles. The number of fused-ring (bicyclic) bond motifs is 1. The maximum Gasteiger partial charge on any atom is 0.416 e. The molecule has 5 rings (SSSR count). The smallest absolute Gasteiger partial charge is 0.322 e. The van der Waals surface area contributed by atoms with Crippen molar-refractivity contribution in [2.24, 2.45) is 0 Å². The van der Waals surface area contributed by atoms with Crippen molar-refractivity contribution in [1.82, 2.24) is 19.5 Å². The number of anilines is 1. The fourth-order valence-electron chi connectivity index (χ4n) is 4.33. The van der Waals surface area contributed by atoms with E-state index in [0.29, 0.717) is 34.4 Å². The third-order valence-electron chi connectivity index (χ3n) is 6.27. The molecule has 9 heteroatoms. The van der Waals surface area contributed by atoms with E-state index in [4.69, 9.17) is 0 Å². The fourth-order valence-corrected chi connectivity index (χ4v) is 4.33. The average molecular weight is 504 g/mol. The Hall–Kier alpha value is -4.16. The van der Waals surface area contributed by atoms with Crippen molar-refractivity contribution < 1.29 is 18.0 Å². The second-order valence-corrected chi connectivity index (χ2v) is 9.11. The molecule has 0 aliphatic carbocycles. The molecule has 1 N–H and O–H groups in total. The fraction of sp³-hybridized carbons (Fsp3) is 0.250. The molecule has 0 atom stereocenters. The highest BCUT2D eigenvalue weighted by Crippen LogP contribution is 2.33. The molecule has 0 bridgehead atoms. The molecule has 6 nitrogen and oxygen atoms in total. The van der Waals surface area contributed by atoms with E-state index in [-0.39, 0.29) is 5.69 Å². The third-order valence-corrected chi connectivity index (χ3v) is 6.27. The highest BCUT2D eigenvalue weighted by atomic mass is 19.4. The van der Waals surface area contributed by atoms with E-state index in [1.807, 2.05) is 6.92 Å². The second-order valence-electron chi connectivity index (χ2n) is 9.11. The lowest BCUT2D eigenvalue weighted by Gasteiger charge is -2.18.